The summed E-state index contributed by atoms with van der Waals surface area (Å²) in [6, 6.07) is 3.92. The number of thioether (sulfide) groups is 1. The number of rotatable bonds is 7. The molecule has 1 saturated heterocycles. The first-order valence-corrected chi connectivity index (χ1v) is 11.2. The number of carbonyl (C=O) groups excluding carboxylic acids is 2. The molecule has 2 aromatic heterocycles. The van der Waals surface area contributed by atoms with E-state index in [1.54, 1.807) is 11.3 Å². The first-order valence-electron chi connectivity index (χ1n) is 9.31. The Balaban J connectivity index is 1.68. The molecule has 27 heavy (non-hydrogen) atoms. The number of primary amides is 1. The van der Waals surface area contributed by atoms with Gasteiger partial charge in [0.25, 0.3) is 0 Å². The van der Waals surface area contributed by atoms with Crippen molar-refractivity contribution >= 4 is 34.9 Å². The summed E-state index contributed by atoms with van der Waals surface area (Å²) in [5.74, 6) is 0.823. The molecule has 1 aliphatic rings. The highest BCUT2D eigenvalue weighted by molar-refractivity contribution is 7.99. The Morgan fingerprint density at radius 1 is 1.15 bits per heavy atom. The summed E-state index contributed by atoms with van der Waals surface area (Å²) in [5, 5.41) is 11.2. The number of hydrogen-bond acceptors (Lipinski definition) is 6. The Bertz CT molecular complexity index is 752. The smallest absolute Gasteiger partial charge is 0.233 e. The fraction of sp³-hybridized carbons (Fsp3) is 0.556. The molecule has 7 nitrogen and oxygen atoms in total. The summed E-state index contributed by atoms with van der Waals surface area (Å²) in [6.45, 7) is 2.10. The Labute approximate surface area is 167 Å². The predicted octanol–water partition coefficient (Wildman–Crippen LogP) is 2.77. The first kappa shape index (κ1) is 19.9. The quantitative estimate of drug-likeness (QED) is 0.712. The average molecular weight is 408 g/mol. The summed E-state index contributed by atoms with van der Waals surface area (Å²) >= 11 is 2.95. The van der Waals surface area contributed by atoms with Crippen LogP contribution in [0.2, 0.25) is 0 Å². The van der Waals surface area contributed by atoms with Gasteiger partial charge in [-0.2, -0.15) is 0 Å². The van der Waals surface area contributed by atoms with Crippen LogP contribution in [0.15, 0.2) is 22.7 Å². The third-order valence-electron chi connectivity index (χ3n) is 4.57. The van der Waals surface area contributed by atoms with Crippen LogP contribution in [0, 0.1) is 0 Å². The predicted molar refractivity (Wildman–Crippen MR) is 108 cm³/mol. The molecule has 0 spiro atoms. The maximum absolute atomic E-state index is 12.6. The minimum absolute atomic E-state index is 0.143. The SMILES string of the molecule is NC(=O)CCn1c(SCC(=O)N2CCCCCCC2)nnc1-c1cccs1. The first-order chi connectivity index (χ1) is 13.1. The molecule has 1 fully saturated rings. The molecule has 0 aromatic carbocycles. The van der Waals surface area contributed by atoms with E-state index in [9.17, 15) is 9.59 Å². The molecule has 0 saturated carbocycles. The number of thiophene rings is 1. The monoisotopic (exact) mass is 407 g/mol. The third-order valence-corrected chi connectivity index (χ3v) is 6.39. The van der Waals surface area contributed by atoms with Crippen molar-refractivity contribution < 1.29 is 9.59 Å². The van der Waals surface area contributed by atoms with Crippen LogP contribution in [0.5, 0.6) is 0 Å². The van der Waals surface area contributed by atoms with Crippen molar-refractivity contribution in [1.82, 2.24) is 19.7 Å². The number of nitrogens with zero attached hydrogens (tertiary/aromatic N) is 4. The van der Waals surface area contributed by atoms with Crippen LogP contribution in [0.3, 0.4) is 0 Å². The number of amides is 2. The summed E-state index contributed by atoms with van der Waals surface area (Å²) in [7, 11) is 0. The number of aromatic nitrogens is 3. The summed E-state index contributed by atoms with van der Waals surface area (Å²) in [4.78, 5) is 26.8. The average Bonchev–Trinajstić information content (AvgIpc) is 3.27. The zero-order valence-corrected chi connectivity index (χ0v) is 16.9. The topological polar surface area (TPSA) is 94.1 Å². The van der Waals surface area contributed by atoms with Crippen LogP contribution < -0.4 is 5.73 Å². The molecule has 0 atom stereocenters. The second-order valence-corrected chi connectivity index (χ2v) is 8.48. The van der Waals surface area contributed by atoms with Gasteiger partial charge < -0.3 is 15.2 Å². The van der Waals surface area contributed by atoms with Crippen molar-refractivity contribution in [2.24, 2.45) is 5.73 Å². The van der Waals surface area contributed by atoms with E-state index >= 15 is 0 Å². The van der Waals surface area contributed by atoms with Gasteiger partial charge in [-0.15, -0.1) is 21.5 Å². The summed E-state index contributed by atoms with van der Waals surface area (Å²) < 4.78 is 1.89. The summed E-state index contributed by atoms with van der Waals surface area (Å²) in [6.07, 6.45) is 6.03. The standard InChI is InChI=1S/C18H25N5O2S2/c19-15(24)8-11-23-17(14-7-6-12-26-14)20-21-18(23)27-13-16(25)22-9-4-2-1-3-5-10-22/h6-7,12H,1-5,8-11,13H2,(H2,19,24). The van der Waals surface area contributed by atoms with Gasteiger partial charge in [0.05, 0.1) is 10.6 Å². The van der Waals surface area contributed by atoms with E-state index in [1.807, 2.05) is 27.0 Å². The lowest BCUT2D eigenvalue weighted by atomic mass is 10.1. The van der Waals surface area contributed by atoms with Gasteiger partial charge in [0, 0.05) is 26.1 Å². The molecule has 1 aliphatic heterocycles. The Morgan fingerprint density at radius 3 is 2.56 bits per heavy atom. The van der Waals surface area contributed by atoms with Crippen molar-refractivity contribution in [3.8, 4) is 10.7 Å². The fourth-order valence-corrected chi connectivity index (χ4v) is 4.71. The van der Waals surface area contributed by atoms with Gasteiger partial charge >= 0.3 is 0 Å². The molecule has 0 radical (unpaired) electrons. The largest absolute Gasteiger partial charge is 0.370 e. The van der Waals surface area contributed by atoms with E-state index in [1.165, 1.54) is 31.0 Å². The molecule has 2 aromatic rings. The lowest BCUT2D eigenvalue weighted by Gasteiger charge is -2.24. The van der Waals surface area contributed by atoms with Crippen molar-refractivity contribution in [2.75, 3.05) is 18.8 Å². The van der Waals surface area contributed by atoms with Gasteiger partial charge in [-0.3, -0.25) is 9.59 Å². The van der Waals surface area contributed by atoms with Crippen molar-refractivity contribution in [2.45, 2.75) is 50.2 Å². The van der Waals surface area contributed by atoms with Crippen molar-refractivity contribution in [3.05, 3.63) is 17.5 Å². The number of likely N-dealkylation sites (tertiary alicyclic amines) is 1. The second kappa shape index (κ2) is 9.89. The van der Waals surface area contributed by atoms with Gasteiger partial charge in [0.15, 0.2) is 11.0 Å². The van der Waals surface area contributed by atoms with E-state index in [0.717, 1.165) is 30.8 Å². The van der Waals surface area contributed by atoms with E-state index in [0.29, 0.717) is 23.3 Å². The van der Waals surface area contributed by atoms with Gasteiger partial charge in [0.2, 0.25) is 11.8 Å². The summed E-state index contributed by atoms with van der Waals surface area (Å²) in [5.41, 5.74) is 5.32. The van der Waals surface area contributed by atoms with Crippen LogP contribution >= 0.6 is 23.1 Å². The van der Waals surface area contributed by atoms with Gasteiger partial charge in [-0.25, -0.2) is 0 Å². The molecule has 146 valence electrons. The molecule has 0 unspecified atom stereocenters. The molecule has 9 heteroatoms. The molecule has 3 heterocycles. The second-order valence-electron chi connectivity index (χ2n) is 6.59. The maximum atomic E-state index is 12.6. The highest BCUT2D eigenvalue weighted by Crippen LogP contribution is 2.27. The van der Waals surface area contributed by atoms with Crippen molar-refractivity contribution in [3.63, 3.8) is 0 Å². The molecule has 2 N–H and O–H groups in total. The van der Waals surface area contributed by atoms with Crippen LogP contribution in [-0.2, 0) is 16.1 Å². The fourth-order valence-electron chi connectivity index (χ4n) is 3.12. The highest BCUT2D eigenvalue weighted by Gasteiger charge is 2.19. The normalized spacial score (nSPS) is 15.3. The molecule has 3 rings (SSSR count). The zero-order chi connectivity index (χ0) is 19.1. The molecular weight excluding hydrogens is 382 g/mol. The van der Waals surface area contributed by atoms with Crippen LogP contribution in [0.4, 0.5) is 0 Å². The van der Waals surface area contributed by atoms with E-state index < -0.39 is 0 Å². The van der Waals surface area contributed by atoms with Crippen molar-refractivity contribution in [1.29, 1.82) is 0 Å². The highest BCUT2D eigenvalue weighted by atomic mass is 32.2. The molecule has 2 amide bonds. The molecular formula is C18H25N5O2S2. The van der Waals surface area contributed by atoms with E-state index in [-0.39, 0.29) is 18.2 Å². The van der Waals surface area contributed by atoms with E-state index in [4.69, 9.17) is 5.73 Å². The number of nitrogens with two attached hydrogens (primary N) is 1. The van der Waals surface area contributed by atoms with Crippen LogP contribution in [-0.4, -0.2) is 50.3 Å². The third kappa shape index (κ3) is 5.55. The van der Waals surface area contributed by atoms with Gasteiger partial charge in [0.1, 0.15) is 0 Å². The molecule has 0 aliphatic carbocycles. The zero-order valence-electron chi connectivity index (χ0n) is 15.3. The minimum atomic E-state index is -0.367. The minimum Gasteiger partial charge on any atom is -0.370 e. The number of hydrogen-bond donors (Lipinski definition) is 1. The number of carbonyl (C=O) groups is 2. The Hall–Kier alpha value is -1.87. The lowest BCUT2D eigenvalue weighted by molar-refractivity contribution is -0.128. The lowest BCUT2D eigenvalue weighted by Crippen LogP contribution is -2.35. The van der Waals surface area contributed by atoms with Crippen LogP contribution in [0.1, 0.15) is 38.5 Å². The Kier molecular flexibility index (Phi) is 7.28. The van der Waals surface area contributed by atoms with Crippen LogP contribution in [0.25, 0.3) is 10.7 Å². The van der Waals surface area contributed by atoms with Gasteiger partial charge in [-0.1, -0.05) is 37.1 Å². The van der Waals surface area contributed by atoms with E-state index in [2.05, 4.69) is 10.2 Å². The molecule has 0 bridgehead atoms. The van der Waals surface area contributed by atoms with Gasteiger partial charge in [-0.05, 0) is 24.3 Å². The Morgan fingerprint density at radius 2 is 1.89 bits per heavy atom. The maximum Gasteiger partial charge on any atom is 0.233 e.